The molecule has 0 aliphatic rings. The average molecular weight is 430 g/mol. The maximum atomic E-state index is 12.6. The van der Waals surface area contributed by atoms with E-state index in [-0.39, 0.29) is 10.8 Å². The molecule has 0 fully saturated rings. The lowest BCUT2D eigenvalue weighted by Gasteiger charge is -2.11. The standard InChI is InChI=1S/C20H19N3O4S2/c1-13-8-9-16(12-18(13)29(26,27)21-2)22-19(24)14-5-3-6-15(11-14)23-20(25)17-7-4-10-28-17/h3-12,21H,1-2H3,(H,22,24)(H,23,25). The van der Waals surface area contributed by atoms with Crippen LogP contribution < -0.4 is 15.4 Å². The van der Waals surface area contributed by atoms with Crippen molar-refractivity contribution in [1.29, 1.82) is 0 Å². The molecule has 7 nitrogen and oxygen atoms in total. The van der Waals surface area contributed by atoms with E-state index in [1.54, 1.807) is 55.5 Å². The number of nitrogens with one attached hydrogen (secondary N) is 3. The fraction of sp³-hybridized carbons (Fsp3) is 0.100. The Morgan fingerprint density at radius 3 is 2.31 bits per heavy atom. The number of carbonyl (C=O) groups is 2. The molecule has 0 atom stereocenters. The number of hydrogen-bond acceptors (Lipinski definition) is 5. The number of sulfonamides is 1. The van der Waals surface area contributed by atoms with E-state index in [0.29, 0.717) is 27.4 Å². The Labute approximate surface area is 172 Å². The molecule has 0 spiro atoms. The summed E-state index contributed by atoms with van der Waals surface area (Å²) < 4.78 is 26.5. The molecular weight excluding hydrogens is 410 g/mol. The fourth-order valence-electron chi connectivity index (χ4n) is 2.62. The van der Waals surface area contributed by atoms with Gasteiger partial charge in [0.1, 0.15) is 0 Å². The molecule has 29 heavy (non-hydrogen) atoms. The Balaban J connectivity index is 1.78. The molecule has 150 valence electrons. The second kappa shape index (κ2) is 8.56. The van der Waals surface area contributed by atoms with Gasteiger partial charge < -0.3 is 10.6 Å². The largest absolute Gasteiger partial charge is 0.322 e. The minimum atomic E-state index is -3.64. The predicted molar refractivity (Wildman–Crippen MR) is 114 cm³/mol. The summed E-state index contributed by atoms with van der Waals surface area (Å²) in [5, 5.41) is 7.25. The highest BCUT2D eigenvalue weighted by molar-refractivity contribution is 7.89. The van der Waals surface area contributed by atoms with E-state index < -0.39 is 15.9 Å². The van der Waals surface area contributed by atoms with Crippen molar-refractivity contribution in [2.75, 3.05) is 17.7 Å². The van der Waals surface area contributed by atoms with Crippen LogP contribution in [0.15, 0.2) is 64.9 Å². The molecule has 0 aliphatic carbocycles. The molecular formula is C20H19N3O4S2. The number of carbonyl (C=O) groups excluding carboxylic acids is 2. The molecule has 0 unspecified atom stereocenters. The highest BCUT2D eigenvalue weighted by atomic mass is 32.2. The van der Waals surface area contributed by atoms with E-state index in [2.05, 4.69) is 15.4 Å². The first-order chi connectivity index (χ1) is 13.8. The number of thiophene rings is 1. The first-order valence-electron chi connectivity index (χ1n) is 8.60. The summed E-state index contributed by atoms with van der Waals surface area (Å²) >= 11 is 1.32. The monoisotopic (exact) mass is 429 g/mol. The van der Waals surface area contributed by atoms with Gasteiger partial charge in [-0.1, -0.05) is 18.2 Å². The topological polar surface area (TPSA) is 104 Å². The Morgan fingerprint density at radius 1 is 0.897 bits per heavy atom. The van der Waals surface area contributed by atoms with E-state index in [0.717, 1.165) is 0 Å². The third kappa shape index (κ3) is 4.89. The maximum Gasteiger partial charge on any atom is 0.265 e. The second-order valence-corrected chi connectivity index (χ2v) is 8.96. The third-order valence-corrected chi connectivity index (χ3v) is 6.56. The Kier molecular flexibility index (Phi) is 6.12. The van der Waals surface area contributed by atoms with Gasteiger partial charge in [0, 0.05) is 16.9 Å². The van der Waals surface area contributed by atoms with Gasteiger partial charge in [-0.15, -0.1) is 11.3 Å². The lowest BCUT2D eigenvalue weighted by atomic mass is 10.1. The van der Waals surface area contributed by atoms with E-state index in [1.807, 2.05) is 5.38 Å². The molecule has 0 radical (unpaired) electrons. The normalized spacial score (nSPS) is 11.1. The Bertz CT molecular complexity index is 1160. The molecule has 3 N–H and O–H groups in total. The van der Waals surface area contributed by atoms with E-state index in [9.17, 15) is 18.0 Å². The summed E-state index contributed by atoms with van der Waals surface area (Å²) in [5.74, 6) is -0.674. The predicted octanol–water partition coefficient (Wildman–Crippen LogP) is 3.47. The quantitative estimate of drug-likeness (QED) is 0.558. The average Bonchev–Trinajstić information content (AvgIpc) is 3.24. The van der Waals surface area contributed by atoms with Gasteiger partial charge >= 0.3 is 0 Å². The van der Waals surface area contributed by atoms with Crippen LogP contribution in [0.2, 0.25) is 0 Å². The van der Waals surface area contributed by atoms with Crippen molar-refractivity contribution in [3.05, 3.63) is 76.0 Å². The van der Waals surface area contributed by atoms with Crippen LogP contribution in [0.4, 0.5) is 11.4 Å². The van der Waals surface area contributed by atoms with Gasteiger partial charge in [0.15, 0.2) is 0 Å². The van der Waals surface area contributed by atoms with Gasteiger partial charge in [-0.25, -0.2) is 13.1 Å². The van der Waals surface area contributed by atoms with Gasteiger partial charge in [0.25, 0.3) is 11.8 Å². The van der Waals surface area contributed by atoms with Crippen LogP contribution in [-0.2, 0) is 10.0 Å². The number of rotatable bonds is 6. The lowest BCUT2D eigenvalue weighted by Crippen LogP contribution is -2.20. The number of anilines is 2. The highest BCUT2D eigenvalue weighted by Crippen LogP contribution is 2.21. The second-order valence-electron chi connectivity index (χ2n) is 6.15. The van der Waals surface area contributed by atoms with E-state index in [1.165, 1.54) is 24.5 Å². The van der Waals surface area contributed by atoms with Crippen molar-refractivity contribution in [2.24, 2.45) is 0 Å². The zero-order chi connectivity index (χ0) is 21.0. The van der Waals surface area contributed by atoms with Crippen LogP contribution in [0.25, 0.3) is 0 Å². The molecule has 3 aromatic rings. The minimum Gasteiger partial charge on any atom is -0.322 e. The third-order valence-electron chi connectivity index (χ3n) is 4.13. The van der Waals surface area contributed by atoms with Crippen molar-refractivity contribution in [1.82, 2.24) is 4.72 Å². The number of amides is 2. The van der Waals surface area contributed by atoms with Crippen molar-refractivity contribution in [3.63, 3.8) is 0 Å². The smallest absolute Gasteiger partial charge is 0.265 e. The maximum absolute atomic E-state index is 12.6. The highest BCUT2D eigenvalue weighted by Gasteiger charge is 2.16. The summed E-state index contributed by atoms with van der Waals surface area (Å²) in [5.41, 5.74) is 1.73. The van der Waals surface area contributed by atoms with E-state index >= 15 is 0 Å². The van der Waals surface area contributed by atoms with Crippen LogP contribution >= 0.6 is 11.3 Å². The summed E-state index contributed by atoms with van der Waals surface area (Å²) in [4.78, 5) is 25.4. The Hall–Kier alpha value is -3.01. The lowest BCUT2D eigenvalue weighted by molar-refractivity contribution is 0.101. The van der Waals surface area contributed by atoms with Gasteiger partial charge in [0.2, 0.25) is 10.0 Å². The van der Waals surface area contributed by atoms with E-state index in [4.69, 9.17) is 0 Å². The Morgan fingerprint density at radius 2 is 1.62 bits per heavy atom. The molecule has 0 aliphatic heterocycles. The molecule has 3 rings (SSSR count). The first-order valence-corrected chi connectivity index (χ1v) is 11.0. The molecule has 1 aromatic heterocycles. The number of benzene rings is 2. The first kappa shape index (κ1) is 20.7. The van der Waals surface area contributed by atoms with Crippen molar-refractivity contribution in [2.45, 2.75) is 11.8 Å². The molecule has 0 bridgehead atoms. The zero-order valence-electron chi connectivity index (χ0n) is 15.7. The zero-order valence-corrected chi connectivity index (χ0v) is 17.4. The van der Waals surface area contributed by atoms with Gasteiger partial charge in [-0.3, -0.25) is 9.59 Å². The number of aryl methyl sites for hydroxylation is 1. The summed E-state index contributed by atoms with van der Waals surface area (Å²) in [6.45, 7) is 1.68. The van der Waals surface area contributed by atoms with Crippen LogP contribution in [0.3, 0.4) is 0 Å². The van der Waals surface area contributed by atoms with Crippen LogP contribution in [0.1, 0.15) is 25.6 Å². The van der Waals surface area contributed by atoms with Crippen LogP contribution in [0, 0.1) is 6.92 Å². The van der Waals surface area contributed by atoms with Gasteiger partial charge in [0.05, 0.1) is 9.77 Å². The SMILES string of the molecule is CNS(=O)(=O)c1cc(NC(=O)c2cccc(NC(=O)c3cccs3)c2)ccc1C. The van der Waals surface area contributed by atoms with Crippen molar-refractivity contribution >= 4 is 44.5 Å². The molecule has 1 heterocycles. The summed E-state index contributed by atoms with van der Waals surface area (Å²) in [6, 6.07) is 14.7. The molecule has 0 saturated heterocycles. The molecule has 0 saturated carbocycles. The number of hydrogen-bond donors (Lipinski definition) is 3. The minimum absolute atomic E-state index is 0.0924. The van der Waals surface area contributed by atoms with Crippen LogP contribution in [-0.4, -0.2) is 27.3 Å². The molecule has 2 aromatic carbocycles. The molecule has 2 amide bonds. The van der Waals surface area contributed by atoms with Gasteiger partial charge in [-0.05, 0) is 61.3 Å². The van der Waals surface area contributed by atoms with Gasteiger partial charge in [-0.2, -0.15) is 0 Å². The summed E-state index contributed by atoms with van der Waals surface area (Å²) in [7, 11) is -2.31. The van der Waals surface area contributed by atoms with Crippen molar-refractivity contribution in [3.8, 4) is 0 Å². The van der Waals surface area contributed by atoms with Crippen LogP contribution in [0.5, 0.6) is 0 Å². The molecule has 9 heteroatoms. The fourth-order valence-corrected chi connectivity index (χ4v) is 4.23. The van der Waals surface area contributed by atoms with Crippen molar-refractivity contribution < 1.29 is 18.0 Å². The summed E-state index contributed by atoms with van der Waals surface area (Å²) in [6.07, 6.45) is 0.